The van der Waals surface area contributed by atoms with Gasteiger partial charge in [0.2, 0.25) is 5.88 Å². The minimum Gasteiger partial charge on any atom is -0.434 e. The van der Waals surface area contributed by atoms with E-state index in [2.05, 4.69) is 26.6 Å². The molecule has 1 aliphatic rings. The van der Waals surface area contributed by atoms with Gasteiger partial charge in [-0.2, -0.15) is 0 Å². The molecule has 0 aromatic carbocycles. The number of carbonyl (C=O) groups is 1. The molecule has 16 heavy (non-hydrogen) atoms. The largest absolute Gasteiger partial charge is 0.434 e. The van der Waals surface area contributed by atoms with Crippen molar-refractivity contribution in [3.05, 3.63) is 16.8 Å². The van der Waals surface area contributed by atoms with E-state index in [1.807, 2.05) is 0 Å². The van der Waals surface area contributed by atoms with Gasteiger partial charge in [-0.25, -0.2) is 4.79 Å². The van der Waals surface area contributed by atoms with Crippen LogP contribution in [0, 0.1) is 0 Å². The first-order valence-electron chi connectivity index (χ1n) is 5.16. The zero-order chi connectivity index (χ0) is 11.4. The zero-order valence-electron chi connectivity index (χ0n) is 8.66. The number of anilines is 1. The molecule has 1 saturated heterocycles. The quantitative estimate of drug-likeness (QED) is 0.897. The molecule has 0 radical (unpaired) electrons. The van der Waals surface area contributed by atoms with Crippen molar-refractivity contribution in [1.82, 2.24) is 5.32 Å². The highest BCUT2D eigenvalue weighted by molar-refractivity contribution is 9.10. The number of hydrogen-bond acceptors (Lipinski definition) is 3. The van der Waals surface area contributed by atoms with Crippen molar-refractivity contribution < 1.29 is 13.9 Å². The van der Waals surface area contributed by atoms with Gasteiger partial charge in [0.05, 0.1) is 6.10 Å². The lowest BCUT2D eigenvalue weighted by Gasteiger charge is -2.10. The van der Waals surface area contributed by atoms with Gasteiger partial charge in [-0.05, 0) is 34.8 Å². The maximum atomic E-state index is 11.4. The lowest BCUT2D eigenvalue weighted by atomic mass is 10.2. The lowest BCUT2D eigenvalue weighted by Crippen LogP contribution is -2.34. The third-order valence-corrected chi connectivity index (χ3v) is 2.75. The Hall–Kier alpha value is -1.01. The number of amides is 2. The number of ether oxygens (including phenoxy) is 1. The number of furan rings is 1. The summed E-state index contributed by atoms with van der Waals surface area (Å²) in [6.07, 6.45) is 2.22. The summed E-state index contributed by atoms with van der Waals surface area (Å²) in [6, 6.07) is 3.11. The highest BCUT2D eigenvalue weighted by Crippen LogP contribution is 2.18. The molecule has 88 valence electrons. The van der Waals surface area contributed by atoms with Crippen molar-refractivity contribution in [2.24, 2.45) is 0 Å². The van der Waals surface area contributed by atoms with Crippen LogP contribution in [-0.2, 0) is 4.74 Å². The van der Waals surface area contributed by atoms with Crippen molar-refractivity contribution in [1.29, 1.82) is 0 Å². The van der Waals surface area contributed by atoms with Gasteiger partial charge >= 0.3 is 6.03 Å². The fraction of sp³-hybridized carbons (Fsp3) is 0.500. The van der Waals surface area contributed by atoms with E-state index in [0.717, 1.165) is 19.4 Å². The number of hydrogen-bond donors (Lipinski definition) is 2. The predicted molar refractivity (Wildman–Crippen MR) is 62.4 cm³/mol. The van der Waals surface area contributed by atoms with E-state index < -0.39 is 0 Å². The van der Waals surface area contributed by atoms with Crippen LogP contribution in [0.3, 0.4) is 0 Å². The molecule has 1 atom stereocenters. The average Bonchev–Trinajstić information content (AvgIpc) is 2.87. The lowest BCUT2D eigenvalue weighted by molar-refractivity contribution is 0.112. The van der Waals surface area contributed by atoms with E-state index in [1.165, 1.54) is 0 Å². The Bertz CT molecular complexity index is 361. The second-order valence-electron chi connectivity index (χ2n) is 3.57. The van der Waals surface area contributed by atoms with Crippen LogP contribution in [0.5, 0.6) is 0 Å². The molecule has 2 amide bonds. The summed E-state index contributed by atoms with van der Waals surface area (Å²) in [7, 11) is 0. The zero-order valence-corrected chi connectivity index (χ0v) is 10.2. The van der Waals surface area contributed by atoms with E-state index in [0.29, 0.717) is 17.1 Å². The van der Waals surface area contributed by atoms with Crippen molar-refractivity contribution in [3.8, 4) is 0 Å². The van der Waals surface area contributed by atoms with Crippen LogP contribution >= 0.6 is 15.9 Å². The molecule has 2 heterocycles. The third kappa shape index (κ3) is 3.24. The molecular weight excluding hydrogens is 276 g/mol. The first-order valence-corrected chi connectivity index (χ1v) is 5.95. The molecule has 1 unspecified atom stereocenters. The van der Waals surface area contributed by atoms with E-state index in [9.17, 15) is 4.79 Å². The SMILES string of the molecule is O=C(NCC1CCCO1)Nc1ccc(Br)o1. The Labute approximate surface area is 102 Å². The van der Waals surface area contributed by atoms with Gasteiger partial charge in [-0.3, -0.25) is 5.32 Å². The molecule has 1 aromatic heterocycles. The van der Waals surface area contributed by atoms with Gasteiger partial charge in [0.1, 0.15) is 0 Å². The van der Waals surface area contributed by atoms with Crippen molar-refractivity contribution in [2.45, 2.75) is 18.9 Å². The van der Waals surface area contributed by atoms with Crippen LogP contribution in [-0.4, -0.2) is 25.3 Å². The summed E-state index contributed by atoms with van der Waals surface area (Å²) in [5.41, 5.74) is 0. The first-order chi connectivity index (χ1) is 7.74. The second kappa shape index (κ2) is 5.36. The Kier molecular flexibility index (Phi) is 3.84. The third-order valence-electron chi connectivity index (χ3n) is 2.32. The van der Waals surface area contributed by atoms with Crippen molar-refractivity contribution in [2.75, 3.05) is 18.5 Å². The maximum absolute atomic E-state index is 11.4. The van der Waals surface area contributed by atoms with Crippen LogP contribution < -0.4 is 10.6 Å². The normalized spacial score (nSPS) is 19.7. The smallest absolute Gasteiger partial charge is 0.321 e. The van der Waals surface area contributed by atoms with E-state index in [4.69, 9.17) is 9.15 Å². The first kappa shape index (κ1) is 11.5. The number of rotatable bonds is 3. The molecule has 1 aromatic rings. The van der Waals surface area contributed by atoms with E-state index >= 15 is 0 Å². The fourth-order valence-electron chi connectivity index (χ4n) is 1.55. The summed E-state index contributed by atoms with van der Waals surface area (Å²) in [5.74, 6) is 0.414. The minimum atomic E-state index is -0.280. The van der Waals surface area contributed by atoms with Gasteiger partial charge < -0.3 is 14.5 Å². The van der Waals surface area contributed by atoms with Gasteiger partial charge in [0, 0.05) is 19.2 Å². The fourth-order valence-corrected chi connectivity index (χ4v) is 1.86. The van der Waals surface area contributed by atoms with Crippen LogP contribution in [0.2, 0.25) is 0 Å². The number of halogens is 1. The Morgan fingerprint density at radius 2 is 2.44 bits per heavy atom. The summed E-state index contributed by atoms with van der Waals surface area (Å²) in [6.45, 7) is 1.33. The van der Waals surface area contributed by atoms with Gasteiger partial charge in [0.25, 0.3) is 0 Å². The van der Waals surface area contributed by atoms with Crippen LogP contribution in [0.1, 0.15) is 12.8 Å². The topological polar surface area (TPSA) is 63.5 Å². The van der Waals surface area contributed by atoms with Gasteiger partial charge in [-0.15, -0.1) is 0 Å². The Balaban J connectivity index is 1.71. The van der Waals surface area contributed by atoms with Crippen LogP contribution in [0.25, 0.3) is 0 Å². The molecule has 0 aliphatic carbocycles. The maximum Gasteiger partial charge on any atom is 0.321 e. The molecule has 1 aliphatic heterocycles. The molecule has 0 bridgehead atoms. The number of carbonyl (C=O) groups excluding carboxylic acids is 1. The molecular formula is C10H13BrN2O3. The average molecular weight is 289 g/mol. The summed E-state index contributed by atoms with van der Waals surface area (Å²) >= 11 is 3.16. The van der Waals surface area contributed by atoms with Crippen LogP contribution in [0.15, 0.2) is 21.2 Å². The second-order valence-corrected chi connectivity index (χ2v) is 4.36. The standard InChI is InChI=1S/C10H13BrN2O3/c11-8-3-4-9(16-8)13-10(14)12-6-7-2-1-5-15-7/h3-4,7H,1-2,5-6H2,(H2,12,13,14). The molecule has 0 saturated carbocycles. The minimum absolute atomic E-state index is 0.147. The van der Waals surface area contributed by atoms with Gasteiger partial charge in [0.15, 0.2) is 4.67 Å². The molecule has 2 N–H and O–H groups in total. The van der Waals surface area contributed by atoms with Crippen molar-refractivity contribution >= 4 is 27.8 Å². The van der Waals surface area contributed by atoms with Crippen LogP contribution in [0.4, 0.5) is 10.7 Å². The van der Waals surface area contributed by atoms with Crippen molar-refractivity contribution in [3.63, 3.8) is 0 Å². The highest BCUT2D eigenvalue weighted by Gasteiger charge is 2.16. The Morgan fingerprint density at radius 3 is 3.06 bits per heavy atom. The van der Waals surface area contributed by atoms with E-state index in [-0.39, 0.29) is 12.1 Å². The van der Waals surface area contributed by atoms with Gasteiger partial charge in [-0.1, -0.05) is 0 Å². The summed E-state index contributed by atoms with van der Waals surface area (Å²) < 4.78 is 11.1. The molecule has 5 nitrogen and oxygen atoms in total. The molecule has 2 rings (SSSR count). The summed E-state index contributed by atoms with van der Waals surface area (Å²) in [4.78, 5) is 11.4. The predicted octanol–water partition coefficient (Wildman–Crippen LogP) is 2.34. The monoisotopic (exact) mass is 288 g/mol. The molecule has 0 spiro atoms. The summed E-state index contributed by atoms with van der Waals surface area (Å²) in [5, 5.41) is 5.32. The number of nitrogens with one attached hydrogen (secondary N) is 2. The molecule has 1 fully saturated rings. The number of urea groups is 1. The van der Waals surface area contributed by atoms with E-state index in [1.54, 1.807) is 12.1 Å². The Morgan fingerprint density at radius 1 is 1.56 bits per heavy atom. The molecule has 6 heteroatoms. The highest BCUT2D eigenvalue weighted by atomic mass is 79.9.